The van der Waals surface area contributed by atoms with E-state index < -0.39 is 73.4 Å². The molecule has 12 atom stereocenters. The van der Waals surface area contributed by atoms with E-state index in [2.05, 4.69) is 0 Å². The molecule has 0 bridgehead atoms. The van der Waals surface area contributed by atoms with E-state index in [4.69, 9.17) is 18.9 Å². The lowest BCUT2D eigenvalue weighted by Gasteiger charge is -2.46. The van der Waals surface area contributed by atoms with Gasteiger partial charge in [-0.15, -0.1) is 0 Å². The number of hydrogen-bond donors (Lipinski definition) is 5. The van der Waals surface area contributed by atoms with Crippen LogP contribution in [0.15, 0.2) is 0 Å². The van der Waals surface area contributed by atoms with E-state index in [-0.39, 0.29) is 19.3 Å². The molecule has 3 aliphatic heterocycles. The molecule has 6 unspecified atom stereocenters. The Morgan fingerprint density at radius 1 is 0.630 bits per heavy atom. The lowest BCUT2D eigenvalue weighted by atomic mass is 9.89. The Balaban J connectivity index is 1.57. The summed E-state index contributed by atoms with van der Waals surface area (Å²) in [6, 6.07) is 0. The molecule has 3 fully saturated rings. The molecule has 9 heteroatoms. The molecule has 0 saturated carbocycles. The van der Waals surface area contributed by atoms with Crippen molar-refractivity contribution in [3.05, 3.63) is 0 Å². The van der Waals surface area contributed by atoms with Crippen LogP contribution in [0.5, 0.6) is 0 Å². The smallest absolute Gasteiger partial charge is 0.161 e. The molecule has 9 nitrogen and oxygen atoms in total. The van der Waals surface area contributed by atoms with Gasteiger partial charge in [-0.2, -0.15) is 0 Å². The number of aliphatic hydroxyl groups excluding tert-OH is 5. The van der Waals surface area contributed by atoms with Gasteiger partial charge in [0.1, 0.15) is 18.3 Å². The van der Waals surface area contributed by atoms with E-state index in [9.17, 15) is 25.5 Å². The zero-order valence-corrected chi connectivity index (χ0v) is 15.9. The predicted molar refractivity (Wildman–Crippen MR) is 91.8 cm³/mol. The normalized spacial score (nSPS) is 54.7. The Bertz CT molecular complexity index is 455. The van der Waals surface area contributed by atoms with Crippen molar-refractivity contribution < 1.29 is 44.5 Å². The highest BCUT2D eigenvalue weighted by Gasteiger charge is 2.46. The quantitative estimate of drug-likeness (QED) is 0.395. The van der Waals surface area contributed by atoms with Gasteiger partial charge < -0.3 is 44.5 Å². The van der Waals surface area contributed by atoms with Gasteiger partial charge in [0.05, 0.1) is 48.8 Å². The summed E-state index contributed by atoms with van der Waals surface area (Å²) in [6.07, 6.45) is -7.82. The summed E-state index contributed by atoms with van der Waals surface area (Å²) in [6.45, 7) is 5.11. The van der Waals surface area contributed by atoms with Gasteiger partial charge in [0.15, 0.2) is 6.29 Å². The van der Waals surface area contributed by atoms with Gasteiger partial charge in [-0.05, 0) is 20.8 Å². The van der Waals surface area contributed by atoms with Gasteiger partial charge in [0, 0.05) is 19.3 Å². The van der Waals surface area contributed by atoms with E-state index >= 15 is 0 Å². The SMILES string of the molecule is CC1O[C@H](OC2C(C)O[C@H]([C@H]3C[C@@H](O)C(O)C(C)O3)C[C@H]2O)C[C@@H](O)C1O. The van der Waals surface area contributed by atoms with E-state index in [1.807, 2.05) is 0 Å². The molecular formula is C18H32O9. The third kappa shape index (κ3) is 4.63. The molecule has 0 aromatic rings. The van der Waals surface area contributed by atoms with E-state index in [0.29, 0.717) is 0 Å². The second-order valence-electron chi connectivity index (χ2n) is 8.02. The van der Waals surface area contributed by atoms with Gasteiger partial charge in [0.2, 0.25) is 0 Å². The number of ether oxygens (including phenoxy) is 4. The first-order chi connectivity index (χ1) is 12.7. The molecule has 0 radical (unpaired) electrons. The standard InChI is InChI=1S/C18H32O9/c1-7-16(22)10(19)4-13(24-7)14-5-12(21)18(9(3)25-14)27-15-6-11(20)17(23)8(2)26-15/h7-23H,4-6H2,1-3H3/t7?,8?,9?,10-,11-,12-,13-,14+,15-,16?,17?,18?/m1/s1. The highest BCUT2D eigenvalue weighted by molar-refractivity contribution is 4.93. The minimum Gasteiger partial charge on any atom is -0.390 e. The maximum atomic E-state index is 10.6. The van der Waals surface area contributed by atoms with Crippen LogP contribution in [0.3, 0.4) is 0 Å². The Morgan fingerprint density at radius 3 is 1.63 bits per heavy atom. The molecule has 27 heavy (non-hydrogen) atoms. The predicted octanol–water partition coefficient (Wildman–Crippen LogP) is -1.33. The third-order valence-electron chi connectivity index (χ3n) is 5.84. The molecule has 0 amide bonds. The van der Waals surface area contributed by atoms with Gasteiger partial charge in [-0.1, -0.05) is 0 Å². The first kappa shape index (κ1) is 21.4. The summed E-state index contributed by atoms with van der Waals surface area (Å²) >= 11 is 0. The fourth-order valence-corrected chi connectivity index (χ4v) is 4.16. The van der Waals surface area contributed by atoms with E-state index in [1.165, 1.54) is 0 Å². The average molecular weight is 392 g/mol. The van der Waals surface area contributed by atoms with Crippen LogP contribution in [0.2, 0.25) is 0 Å². The molecule has 158 valence electrons. The van der Waals surface area contributed by atoms with Crippen LogP contribution in [0.4, 0.5) is 0 Å². The molecule has 3 heterocycles. The average Bonchev–Trinajstić information content (AvgIpc) is 2.60. The second-order valence-corrected chi connectivity index (χ2v) is 8.02. The van der Waals surface area contributed by atoms with Crippen molar-refractivity contribution >= 4 is 0 Å². The summed E-state index contributed by atoms with van der Waals surface area (Å²) in [5, 5.41) is 50.1. The summed E-state index contributed by atoms with van der Waals surface area (Å²) in [4.78, 5) is 0. The molecule has 0 aromatic heterocycles. The van der Waals surface area contributed by atoms with Crippen LogP contribution >= 0.6 is 0 Å². The molecule has 3 rings (SSSR count). The first-order valence-corrected chi connectivity index (χ1v) is 9.69. The van der Waals surface area contributed by atoms with Gasteiger partial charge in [-0.25, -0.2) is 0 Å². The Kier molecular flexibility index (Phi) is 6.77. The summed E-state index contributed by atoms with van der Waals surface area (Å²) in [5.41, 5.74) is 0. The molecule has 3 saturated heterocycles. The van der Waals surface area contributed by atoms with Gasteiger partial charge in [-0.3, -0.25) is 0 Å². The minimum absolute atomic E-state index is 0.109. The highest BCUT2D eigenvalue weighted by Crippen LogP contribution is 2.33. The van der Waals surface area contributed by atoms with Crippen LogP contribution in [0, 0.1) is 0 Å². The van der Waals surface area contributed by atoms with E-state index in [1.54, 1.807) is 20.8 Å². The minimum atomic E-state index is -0.966. The van der Waals surface area contributed by atoms with Crippen molar-refractivity contribution in [3.63, 3.8) is 0 Å². The fourth-order valence-electron chi connectivity index (χ4n) is 4.16. The third-order valence-corrected chi connectivity index (χ3v) is 5.84. The highest BCUT2D eigenvalue weighted by atomic mass is 16.7. The topological polar surface area (TPSA) is 138 Å². The van der Waals surface area contributed by atoms with Crippen molar-refractivity contribution in [2.24, 2.45) is 0 Å². The van der Waals surface area contributed by atoms with Crippen molar-refractivity contribution in [1.29, 1.82) is 0 Å². The number of rotatable bonds is 3. The molecule has 3 aliphatic rings. The van der Waals surface area contributed by atoms with Crippen molar-refractivity contribution in [2.75, 3.05) is 0 Å². The lowest BCUT2D eigenvalue weighted by molar-refractivity contribution is -0.301. The maximum absolute atomic E-state index is 10.6. The lowest BCUT2D eigenvalue weighted by Crippen LogP contribution is -2.58. The van der Waals surface area contributed by atoms with Crippen molar-refractivity contribution in [1.82, 2.24) is 0 Å². The Labute approximate surface area is 158 Å². The molecule has 0 spiro atoms. The molecule has 0 aliphatic carbocycles. The van der Waals surface area contributed by atoms with Crippen LogP contribution < -0.4 is 0 Å². The monoisotopic (exact) mass is 392 g/mol. The van der Waals surface area contributed by atoms with Gasteiger partial charge >= 0.3 is 0 Å². The van der Waals surface area contributed by atoms with Crippen molar-refractivity contribution in [3.8, 4) is 0 Å². The zero-order valence-electron chi connectivity index (χ0n) is 15.9. The zero-order chi connectivity index (χ0) is 19.9. The first-order valence-electron chi connectivity index (χ1n) is 9.69. The second kappa shape index (κ2) is 8.56. The van der Waals surface area contributed by atoms with Crippen LogP contribution in [-0.4, -0.2) is 99.0 Å². The summed E-state index contributed by atoms with van der Waals surface area (Å²) in [5.74, 6) is 0. The molecule has 0 aromatic carbocycles. The molecular weight excluding hydrogens is 360 g/mol. The van der Waals surface area contributed by atoms with Crippen LogP contribution in [0.1, 0.15) is 40.0 Å². The van der Waals surface area contributed by atoms with Crippen molar-refractivity contribution in [2.45, 2.75) is 113 Å². The number of aliphatic hydroxyl groups is 5. The maximum Gasteiger partial charge on any atom is 0.161 e. The fraction of sp³-hybridized carbons (Fsp3) is 1.00. The van der Waals surface area contributed by atoms with E-state index in [0.717, 1.165) is 0 Å². The van der Waals surface area contributed by atoms with Crippen LogP contribution in [-0.2, 0) is 18.9 Å². The Morgan fingerprint density at radius 2 is 1.11 bits per heavy atom. The van der Waals surface area contributed by atoms with Gasteiger partial charge in [0.25, 0.3) is 0 Å². The number of hydrogen-bond acceptors (Lipinski definition) is 9. The van der Waals surface area contributed by atoms with Crippen LogP contribution in [0.25, 0.3) is 0 Å². The largest absolute Gasteiger partial charge is 0.390 e. The summed E-state index contributed by atoms with van der Waals surface area (Å²) < 4.78 is 23.2. The summed E-state index contributed by atoms with van der Waals surface area (Å²) in [7, 11) is 0. The molecule has 5 N–H and O–H groups in total. The Hall–Kier alpha value is -0.360.